The molecule has 0 radical (unpaired) electrons. The first-order valence-corrected chi connectivity index (χ1v) is 9.23. The number of allylic oxidation sites excluding steroid dienone is 2. The van der Waals surface area contributed by atoms with Crippen molar-refractivity contribution in [1.82, 2.24) is 14.7 Å². The van der Waals surface area contributed by atoms with E-state index in [2.05, 4.69) is 17.2 Å². The first-order chi connectivity index (χ1) is 12.7. The second-order valence-electron chi connectivity index (χ2n) is 7.08. The van der Waals surface area contributed by atoms with Crippen molar-refractivity contribution in [2.45, 2.75) is 32.1 Å². The molecule has 1 aromatic heterocycles. The number of amides is 1. The number of nitriles is 1. The Bertz CT molecular complexity index is 901. The average Bonchev–Trinajstić information content (AvgIpc) is 3.08. The van der Waals surface area contributed by atoms with Crippen LogP contribution in [-0.4, -0.2) is 27.1 Å². The minimum atomic E-state index is 0.0373. The van der Waals surface area contributed by atoms with Crippen LogP contribution < -0.4 is 0 Å². The molecule has 0 spiro atoms. The Morgan fingerprint density at radius 2 is 2.00 bits per heavy atom. The number of fused-ring (bicyclic) bond motifs is 1. The molecule has 0 bridgehead atoms. The van der Waals surface area contributed by atoms with Crippen LogP contribution in [0.5, 0.6) is 0 Å². The van der Waals surface area contributed by atoms with Crippen molar-refractivity contribution in [1.29, 1.82) is 5.26 Å². The number of aromatic nitrogens is 2. The molecule has 1 amide bonds. The number of aryl methyl sites for hydroxylation is 1. The lowest BCUT2D eigenvalue weighted by atomic mass is 9.84. The van der Waals surface area contributed by atoms with E-state index in [0.29, 0.717) is 17.0 Å². The van der Waals surface area contributed by atoms with Gasteiger partial charge in [-0.15, -0.1) is 0 Å². The first-order valence-electron chi connectivity index (χ1n) is 9.23. The molecule has 1 aromatic carbocycles. The number of rotatable bonds is 2. The minimum Gasteiger partial charge on any atom is -0.312 e. The highest BCUT2D eigenvalue weighted by Crippen LogP contribution is 2.36. The Labute approximate surface area is 153 Å². The van der Waals surface area contributed by atoms with Crippen LogP contribution >= 0.6 is 0 Å². The summed E-state index contributed by atoms with van der Waals surface area (Å²) in [6, 6.07) is 9.44. The van der Waals surface area contributed by atoms with E-state index in [1.807, 2.05) is 24.1 Å². The molecule has 1 saturated heterocycles. The van der Waals surface area contributed by atoms with Gasteiger partial charge >= 0.3 is 0 Å². The van der Waals surface area contributed by atoms with E-state index in [1.54, 1.807) is 23.0 Å². The minimum absolute atomic E-state index is 0.0373. The second kappa shape index (κ2) is 6.80. The van der Waals surface area contributed by atoms with E-state index in [-0.39, 0.29) is 5.91 Å². The van der Waals surface area contributed by atoms with Crippen molar-refractivity contribution in [3.63, 3.8) is 0 Å². The number of hydrogen-bond donors (Lipinski definition) is 0. The molecule has 1 aliphatic carbocycles. The van der Waals surface area contributed by atoms with E-state index in [1.165, 1.54) is 25.0 Å². The maximum absolute atomic E-state index is 13.4. The molecule has 5 heteroatoms. The van der Waals surface area contributed by atoms with Gasteiger partial charge in [0.05, 0.1) is 29.1 Å². The van der Waals surface area contributed by atoms with Gasteiger partial charge in [-0.1, -0.05) is 18.2 Å². The first kappa shape index (κ1) is 16.6. The fourth-order valence-corrected chi connectivity index (χ4v) is 4.18. The van der Waals surface area contributed by atoms with Crippen molar-refractivity contribution >= 4 is 5.91 Å². The van der Waals surface area contributed by atoms with E-state index in [9.17, 15) is 4.79 Å². The second-order valence-corrected chi connectivity index (χ2v) is 7.08. The smallest absolute Gasteiger partial charge is 0.261 e. The van der Waals surface area contributed by atoms with Gasteiger partial charge < -0.3 is 4.90 Å². The molecule has 26 heavy (non-hydrogen) atoms. The molecule has 2 aliphatic rings. The zero-order valence-electron chi connectivity index (χ0n) is 15.0. The van der Waals surface area contributed by atoms with Crippen molar-refractivity contribution in [3.8, 4) is 17.3 Å². The summed E-state index contributed by atoms with van der Waals surface area (Å²) in [6.45, 7) is 0.781. The van der Waals surface area contributed by atoms with Crippen LogP contribution in [0.1, 0.15) is 48.0 Å². The lowest BCUT2D eigenvalue weighted by Gasteiger charge is -2.38. The maximum Gasteiger partial charge on any atom is 0.261 e. The zero-order valence-corrected chi connectivity index (χ0v) is 15.0. The Morgan fingerprint density at radius 1 is 1.23 bits per heavy atom. The molecule has 1 unspecified atom stereocenters. The normalized spacial score (nSPS) is 19.5. The van der Waals surface area contributed by atoms with Gasteiger partial charge in [0, 0.05) is 24.9 Å². The van der Waals surface area contributed by atoms with Crippen LogP contribution in [0.15, 0.2) is 42.2 Å². The van der Waals surface area contributed by atoms with E-state index in [4.69, 9.17) is 5.26 Å². The van der Waals surface area contributed by atoms with Crippen molar-refractivity contribution in [2.24, 2.45) is 13.0 Å². The highest BCUT2D eigenvalue weighted by molar-refractivity contribution is 6.01. The molecule has 2 heterocycles. The number of hydrogen-bond acceptors (Lipinski definition) is 3. The maximum atomic E-state index is 13.4. The van der Waals surface area contributed by atoms with Crippen LogP contribution in [0.2, 0.25) is 0 Å². The molecular formula is C21H22N4O. The zero-order chi connectivity index (χ0) is 18.1. The SMILES string of the molecule is Cn1ncc(C(=O)N2CCCC3CCCC=C32)c1-c1ccc(C#N)cc1. The molecule has 1 fully saturated rings. The monoisotopic (exact) mass is 346 g/mol. The average molecular weight is 346 g/mol. The Hall–Kier alpha value is -2.87. The largest absolute Gasteiger partial charge is 0.312 e. The molecule has 1 atom stereocenters. The van der Waals surface area contributed by atoms with Crippen molar-refractivity contribution in [2.75, 3.05) is 6.54 Å². The predicted molar refractivity (Wildman–Crippen MR) is 99.1 cm³/mol. The third-order valence-corrected chi connectivity index (χ3v) is 5.48. The van der Waals surface area contributed by atoms with E-state index < -0.39 is 0 Å². The summed E-state index contributed by atoms with van der Waals surface area (Å²) in [5.74, 6) is 0.562. The number of likely N-dealkylation sites (tertiary alicyclic amines) is 1. The van der Waals surface area contributed by atoms with Gasteiger partial charge in [0.25, 0.3) is 5.91 Å². The van der Waals surface area contributed by atoms with E-state index >= 15 is 0 Å². The van der Waals surface area contributed by atoms with Gasteiger partial charge in [-0.05, 0) is 50.2 Å². The summed E-state index contributed by atoms with van der Waals surface area (Å²) < 4.78 is 1.74. The van der Waals surface area contributed by atoms with E-state index in [0.717, 1.165) is 30.6 Å². The third-order valence-electron chi connectivity index (χ3n) is 5.48. The summed E-state index contributed by atoms with van der Waals surface area (Å²) in [5, 5.41) is 13.3. The number of benzene rings is 1. The fraction of sp³-hybridized carbons (Fsp3) is 0.381. The Balaban J connectivity index is 1.71. The number of nitrogens with zero attached hydrogens (tertiary/aromatic N) is 4. The number of carbonyl (C=O) groups excluding carboxylic acids is 1. The van der Waals surface area contributed by atoms with Gasteiger partial charge in [-0.2, -0.15) is 10.4 Å². The molecule has 5 nitrogen and oxygen atoms in total. The Kier molecular flexibility index (Phi) is 4.34. The van der Waals surface area contributed by atoms with Crippen LogP contribution in [0.4, 0.5) is 0 Å². The number of carbonyl (C=O) groups is 1. The Morgan fingerprint density at radius 3 is 2.77 bits per heavy atom. The number of piperidine rings is 1. The van der Waals surface area contributed by atoms with Gasteiger partial charge in [0.2, 0.25) is 0 Å². The molecule has 0 saturated carbocycles. The van der Waals surface area contributed by atoms with Gasteiger partial charge in [0.15, 0.2) is 0 Å². The molecule has 132 valence electrons. The summed E-state index contributed by atoms with van der Waals surface area (Å²) in [6.07, 6.45) is 9.63. The quantitative estimate of drug-likeness (QED) is 0.829. The van der Waals surface area contributed by atoms with Crippen LogP contribution in [-0.2, 0) is 7.05 Å². The molecule has 4 rings (SSSR count). The topological polar surface area (TPSA) is 61.9 Å². The van der Waals surface area contributed by atoms with Crippen molar-refractivity contribution < 1.29 is 4.79 Å². The third kappa shape index (κ3) is 2.82. The van der Waals surface area contributed by atoms with Crippen molar-refractivity contribution in [3.05, 3.63) is 53.4 Å². The van der Waals surface area contributed by atoms with Crippen LogP contribution in [0, 0.1) is 17.2 Å². The predicted octanol–water partition coefficient (Wildman–Crippen LogP) is 3.88. The van der Waals surface area contributed by atoms with Crippen LogP contribution in [0.25, 0.3) is 11.3 Å². The summed E-state index contributed by atoms with van der Waals surface area (Å²) in [4.78, 5) is 15.3. The molecule has 1 aliphatic heterocycles. The summed E-state index contributed by atoms with van der Waals surface area (Å²) in [7, 11) is 1.85. The molecular weight excluding hydrogens is 324 g/mol. The lowest BCUT2D eigenvalue weighted by molar-refractivity contribution is 0.0749. The lowest BCUT2D eigenvalue weighted by Crippen LogP contribution is -2.39. The highest BCUT2D eigenvalue weighted by Gasteiger charge is 2.32. The summed E-state index contributed by atoms with van der Waals surface area (Å²) >= 11 is 0. The van der Waals surface area contributed by atoms with Gasteiger partial charge in [-0.3, -0.25) is 9.48 Å². The van der Waals surface area contributed by atoms with Crippen LogP contribution in [0.3, 0.4) is 0 Å². The summed E-state index contributed by atoms with van der Waals surface area (Å²) in [5.41, 5.74) is 4.15. The standard InChI is InChI=1S/C21H22N4O/c1-24-20(17-10-8-15(13-22)9-11-17)18(14-23-24)21(26)25-12-4-6-16-5-2-3-7-19(16)25/h7-11,14,16H,2-6,12H2,1H3. The van der Waals surface area contributed by atoms with Gasteiger partial charge in [0.1, 0.15) is 0 Å². The van der Waals surface area contributed by atoms with Gasteiger partial charge in [-0.25, -0.2) is 0 Å². The highest BCUT2D eigenvalue weighted by atomic mass is 16.2. The molecule has 2 aromatic rings. The fourth-order valence-electron chi connectivity index (χ4n) is 4.18. The molecule has 0 N–H and O–H groups in total.